The molecule has 1 aromatic heterocycles. The summed E-state index contributed by atoms with van der Waals surface area (Å²) in [4.78, 5) is 14.7. The van der Waals surface area contributed by atoms with Crippen molar-refractivity contribution in [1.29, 1.82) is 0 Å². The first kappa shape index (κ1) is 16.2. The minimum atomic E-state index is 0.0840. The van der Waals surface area contributed by atoms with E-state index in [0.717, 1.165) is 23.0 Å². The summed E-state index contributed by atoms with van der Waals surface area (Å²) in [5.74, 6) is 0.0840. The predicted octanol–water partition coefficient (Wildman–Crippen LogP) is 4.87. The molecule has 1 aliphatic heterocycles. The van der Waals surface area contributed by atoms with Gasteiger partial charge in [0.05, 0.1) is 5.56 Å². The van der Waals surface area contributed by atoms with Crippen molar-refractivity contribution in [2.45, 2.75) is 6.42 Å². The molecule has 0 saturated heterocycles. The Morgan fingerprint density at radius 2 is 1.84 bits per heavy atom. The van der Waals surface area contributed by atoms with Crippen molar-refractivity contribution in [1.82, 2.24) is 9.47 Å². The second kappa shape index (κ2) is 6.52. The normalized spacial score (nSPS) is 14.6. The van der Waals surface area contributed by atoms with Crippen LogP contribution in [0.2, 0.25) is 0 Å². The number of carbonyl (C=O) groups excluding carboxylic acids is 1. The molecule has 2 aromatic carbocycles. The van der Waals surface area contributed by atoms with Gasteiger partial charge in [-0.05, 0) is 46.1 Å². The SMILES string of the molecule is Cn1cc(C2=CCN(C(=O)c3ccccc3Br)CC2)c2ccccc21. The summed E-state index contributed by atoms with van der Waals surface area (Å²) < 4.78 is 3.02. The van der Waals surface area contributed by atoms with Crippen LogP contribution in [-0.4, -0.2) is 28.5 Å². The minimum Gasteiger partial charge on any atom is -0.350 e. The Morgan fingerprint density at radius 3 is 2.60 bits per heavy atom. The van der Waals surface area contributed by atoms with E-state index in [1.165, 1.54) is 22.0 Å². The smallest absolute Gasteiger partial charge is 0.255 e. The third-order valence-corrected chi connectivity index (χ3v) is 5.54. The third kappa shape index (κ3) is 2.91. The highest BCUT2D eigenvalue weighted by molar-refractivity contribution is 9.10. The largest absolute Gasteiger partial charge is 0.350 e. The van der Waals surface area contributed by atoms with Crippen LogP contribution in [0.4, 0.5) is 0 Å². The fraction of sp³-hybridized carbons (Fsp3) is 0.190. The molecule has 0 N–H and O–H groups in total. The maximum absolute atomic E-state index is 12.7. The Bertz CT molecular complexity index is 986. The Labute approximate surface area is 155 Å². The molecule has 0 fully saturated rings. The van der Waals surface area contributed by atoms with Crippen molar-refractivity contribution < 1.29 is 4.79 Å². The molecule has 4 rings (SSSR count). The minimum absolute atomic E-state index is 0.0840. The van der Waals surface area contributed by atoms with Crippen LogP contribution in [0.1, 0.15) is 22.3 Å². The monoisotopic (exact) mass is 394 g/mol. The first-order valence-corrected chi connectivity index (χ1v) is 9.22. The fourth-order valence-corrected chi connectivity index (χ4v) is 3.96. The molecule has 0 spiro atoms. The van der Waals surface area contributed by atoms with Crippen molar-refractivity contribution in [3.63, 3.8) is 0 Å². The number of hydrogen-bond donors (Lipinski definition) is 0. The molecule has 25 heavy (non-hydrogen) atoms. The lowest BCUT2D eigenvalue weighted by Gasteiger charge is -2.27. The van der Waals surface area contributed by atoms with Gasteiger partial charge in [-0.15, -0.1) is 0 Å². The van der Waals surface area contributed by atoms with Crippen LogP contribution in [-0.2, 0) is 7.05 Å². The molecule has 0 aliphatic carbocycles. The number of fused-ring (bicyclic) bond motifs is 1. The van der Waals surface area contributed by atoms with E-state index in [-0.39, 0.29) is 5.91 Å². The standard InChI is InChI=1S/C21H19BrN2O/c1-23-14-18(16-6-3-5-9-20(16)23)15-10-12-24(13-11-15)21(25)17-7-2-4-8-19(17)22/h2-10,14H,11-13H2,1H3. The van der Waals surface area contributed by atoms with Crippen LogP contribution in [0.15, 0.2) is 65.3 Å². The quantitative estimate of drug-likeness (QED) is 0.608. The number of hydrogen-bond acceptors (Lipinski definition) is 1. The second-order valence-electron chi connectivity index (χ2n) is 6.38. The van der Waals surface area contributed by atoms with Gasteiger partial charge in [0.25, 0.3) is 5.91 Å². The summed E-state index contributed by atoms with van der Waals surface area (Å²) in [6.07, 6.45) is 5.27. The van der Waals surface area contributed by atoms with E-state index in [4.69, 9.17) is 0 Å². The lowest BCUT2D eigenvalue weighted by molar-refractivity contribution is 0.0772. The third-order valence-electron chi connectivity index (χ3n) is 4.84. The number of nitrogens with zero attached hydrogens (tertiary/aromatic N) is 2. The number of aryl methyl sites for hydroxylation is 1. The summed E-state index contributed by atoms with van der Waals surface area (Å²) in [5, 5.41) is 1.28. The van der Waals surface area contributed by atoms with Gasteiger partial charge in [-0.3, -0.25) is 4.79 Å². The molecule has 1 amide bonds. The molecular weight excluding hydrogens is 376 g/mol. The van der Waals surface area contributed by atoms with E-state index in [1.54, 1.807) is 0 Å². The van der Waals surface area contributed by atoms with E-state index >= 15 is 0 Å². The molecule has 4 heteroatoms. The maximum atomic E-state index is 12.7. The summed E-state index contributed by atoms with van der Waals surface area (Å²) >= 11 is 3.48. The van der Waals surface area contributed by atoms with Crippen molar-refractivity contribution >= 4 is 38.3 Å². The van der Waals surface area contributed by atoms with Gasteiger partial charge in [-0.1, -0.05) is 36.4 Å². The van der Waals surface area contributed by atoms with Gasteiger partial charge in [0, 0.05) is 47.3 Å². The lowest BCUT2D eigenvalue weighted by atomic mass is 9.98. The fourth-order valence-electron chi connectivity index (χ4n) is 3.50. The average Bonchev–Trinajstić information content (AvgIpc) is 2.99. The molecular formula is C21H19BrN2O. The van der Waals surface area contributed by atoms with Crippen molar-refractivity contribution in [3.8, 4) is 0 Å². The van der Waals surface area contributed by atoms with E-state index in [2.05, 4.69) is 64.1 Å². The number of rotatable bonds is 2. The zero-order valence-electron chi connectivity index (χ0n) is 14.1. The van der Waals surface area contributed by atoms with E-state index in [9.17, 15) is 4.79 Å². The van der Waals surface area contributed by atoms with Gasteiger partial charge < -0.3 is 9.47 Å². The Kier molecular flexibility index (Phi) is 4.22. The van der Waals surface area contributed by atoms with Gasteiger partial charge in [0.15, 0.2) is 0 Å². The Hall–Kier alpha value is -2.33. The molecule has 0 saturated carbocycles. The predicted molar refractivity (Wildman–Crippen MR) is 106 cm³/mol. The second-order valence-corrected chi connectivity index (χ2v) is 7.24. The summed E-state index contributed by atoms with van der Waals surface area (Å²) in [7, 11) is 2.08. The number of aromatic nitrogens is 1. The van der Waals surface area contributed by atoms with Crippen LogP contribution in [0.3, 0.4) is 0 Å². The van der Waals surface area contributed by atoms with E-state index in [0.29, 0.717) is 6.54 Å². The van der Waals surface area contributed by atoms with Crippen molar-refractivity contribution in [2.24, 2.45) is 7.05 Å². The highest BCUT2D eigenvalue weighted by Gasteiger charge is 2.22. The number of para-hydroxylation sites is 1. The Balaban J connectivity index is 1.60. The van der Waals surface area contributed by atoms with Crippen LogP contribution in [0, 0.1) is 0 Å². The van der Waals surface area contributed by atoms with E-state index in [1.807, 2.05) is 29.2 Å². The van der Waals surface area contributed by atoms with Crippen molar-refractivity contribution in [2.75, 3.05) is 13.1 Å². The molecule has 0 radical (unpaired) electrons. The zero-order chi connectivity index (χ0) is 17.4. The summed E-state index contributed by atoms with van der Waals surface area (Å²) in [6, 6.07) is 16.1. The summed E-state index contributed by atoms with van der Waals surface area (Å²) in [6.45, 7) is 1.40. The number of halogens is 1. The Morgan fingerprint density at radius 1 is 1.08 bits per heavy atom. The van der Waals surface area contributed by atoms with Gasteiger partial charge in [0.2, 0.25) is 0 Å². The molecule has 3 nitrogen and oxygen atoms in total. The van der Waals surface area contributed by atoms with Gasteiger partial charge in [0.1, 0.15) is 0 Å². The summed E-state index contributed by atoms with van der Waals surface area (Å²) in [5.41, 5.74) is 4.58. The van der Waals surface area contributed by atoms with E-state index < -0.39 is 0 Å². The van der Waals surface area contributed by atoms with Crippen molar-refractivity contribution in [3.05, 3.63) is 76.4 Å². The molecule has 0 atom stereocenters. The van der Waals surface area contributed by atoms with Gasteiger partial charge in [-0.25, -0.2) is 0 Å². The molecule has 2 heterocycles. The first-order valence-electron chi connectivity index (χ1n) is 8.42. The average molecular weight is 395 g/mol. The van der Waals surface area contributed by atoms with Crippen LogP contribution in [0.25, 0.3) is 16.5 Å². The first-order chi connectivity index (χ1) is 12.1. The zero-order valence-corrected chi connectivity index (χ0v) is 15.7. The van der Waals surface area contributed by atoms with Gasteiger partial charge in [-0.2, -0.15) is 0 Å². The van der Waals surface area contributed by atoms with Gasteiger partial charge >= 0.3 is 0 Å². The number of amides is 1. The molecule has 0 unspecified atom stereocenters. The molecule has 3 aromatic rings. The van der Waals surface area contributed by atoms with Crippen LogP contribution < -0.4 is 0 Å². The van der Waals surface area contributed by atoms with Crippen LogP contribution in [0.5, 0.6) is 0 Å². The highest BCUT2D eigenvalue weighted by atomic mass is 79.9. The van der Waals surface area contributed by atoms with Crippen LogP contribution >= 0.6 is 15.9 Å². The lowest BCUT2D eigenvalue weighted by Crippen LogP contribution is -2.34. The highest BCUT2D eigenvalue weighted by Crippen LogP contribution is 2.31. The number of benzene rings is 2. The molecule has 1 aliphatic rings. The molecule has 126 valence electrons. The maximum Gasteiger partial charge on any atom is 0.255 e. The number of carbonyl (C=O) groups is 1. The topological polar surface area (TPSA) is 25.2 Å². The molecule has 0 bridgehead atoms.